The molecule has 0 saturated carbocycles. The van der Waals surface area contributed by atoms with Crippen LogP contribution >= 0.6 is 0 Å². The molecule has 1 aromatic carbocycles. The molecule has 0 spiro atoms. The fraction of sp³-hybridized carbons (Fsp3) is 0.455. The second-order valence-electron chi connectivity index (χ2n) is 4.10. The van der Waals surface area contributed by atoms with Crippen molar-refractivity contribution in [3.05, 3.63) is 28.8 Å². The van der Waals surface area contributed by atoms with Crippen LogP contribution < -0.4 is 0 Å². The molecule has 0 aromatic heterocycles. The summed E-state index contributed by atoms with van der Waals surface area (Å²) in [5.41, 5.74) is 2.57. The van der Waals surface area contributed by atoms with Crippen LogP contribution in [0.1, 0.15) is 36.5 Å². The molecule has 4 heteroatoms. The van der Waals surface area contributed by atoms with E-state index >= 15 is 0 Å². The second kappa shape index (κ2) is 3.94. The van der Waals surface area contributed by atoms with Crippen LogP contribution in [0.5, 0.6) is 0 Å². The fourth-order valence-electron chi connectivity index (χ4n) is 1.49. The molecule has 1 N–H and O–H groups in total. The Hall–Kier alpha value is -0.870. The van der Waals surface area contributed by atoms with Crippen molar-refractivity contribution in [1.82, 2.24) is 0 Å². The van der Waals surface area contributed by atoms with Crippen molar-refractivity contribution in [2.45, 2.75) is 38.5 Å². The van der Waals surface area contributed by atoms with Gasteiger partial charge in [0.1, 0.15) is 0 Å². The van der Waals surface area contributed by atoms with E-state index in [9.17, 15) is 8.42 Å². The molecular formula is C11H16O3S. The molecule has 0 aliphatic rings. The first kappa shape index (κ1) is 12.2. The zero-order chi connectivity index (χ0) is 11.8. The lowest BCUT2D eigenvalue weighted by molar-refractivity contribution is 0.481. The Kier molecular flexibility index (Phi) is 3.21. The summed E-state index contributed by atoms with van der Waals surface area (Å²) < 4.78 is 31.5. The Morgan fingerprint density at radius 3 is 2.00 bits per heavy atom. The van der Waals surface area contributed by atoms with Gasteiger partial charge < -0.3 is 0 Å². The Bertz CT molecular complexity index is 473. The van der Waals surface area contributed by atoms with Gasteiger partial charge in [0.15, 0.2) is 0 Å². The van der Waals surface area contributed by atoms with E-state index in [1.807, 2.05) is 33.8 Å². The van der Waals surface area contributed by atoms with Gasteiger partial charge in [0.25, 0.3) is 10.1 Å². The highest BCUT2D eigenvalue weighted by atomic mass is 32.2. The number of hydrogen-bond acceptors (Lipinski definition) is 2. The lowest BCUT2D eigenvalue weighted by Gasteiger charge is -2.13. The van der Waals surface area contributed by atoms with Gasteiger partial charge in [-0.15, -0.1) is 0 Å². The maximum absolute atomic E-state index is 11.2. The minimum absolute atomic E-state index is 0.0283. The minimum atomic E-state index is -4.12. The number of aryl methyl sites for hydroxylation is 2. The largest absolute Gasteiger partial charge is 0.294 e. The molecule has 3 nitrogen and oxygen atoms in total. The van der Waals surface area contributed by atoms with Crippen LogP contribution in [0.2, 0.25) is 0 Å². The maximum Gasteiger partial charge on any atom is 0.294 e. The summed E-state index contributed by atoms with van der Waals surface area (Å²) in [4.78, 5) is 0.0283. The first-order valence-corrected chi connectivity index (χ1v) is 6.26. The van der Waals surface area contributed by atoms with Crippen LogP contribution in [0.4, 0.5) is 0 Å². The van der Waals surface area contributed by atoms with Crippen molar-refractivity contribution < 1.29 is 13.0 Å². The molecule has 0 atom stereocenters. The molecule has 0 radical (unpaired) electrons. The summed E-state index contributed by atoms with van der Waals surface area (Å²) in [6.45, 7) is 7.56. The molecule has 84 valence electrons. The Balaban J connectivity index is 3.56. The van der Waals surface area contributed by atoms with Crippen molar-refractivity contribution in [1.29, 1.82) is 0 Å². The SMILES string of the molecule is Cc1cc(C(C)C)c(S(=O)(=O)O)cc1C. The topological polar surface area (TPSA) is 54.4 Å². The van der Waals surface area contributed by atoms with E-state index < -0.39 is 10.1 Å². The van der Waals surface area contributed by atoms with Crippen LogP contribution in [-0.2, 0) is 10.1 Å². The molecule has 0 bridgehead atoms. The van der Waals surface area contributed by atoms with Crippen LogP contribution in [0.3, 0.4) is 0 Å². The van der Waals surface area contributed by atoms with E-state index in [2.05, 4.69) is 0 Å². The number of benzene rings is 1. The smallest absolute Gasteiger partial charge is 0.282 e. The lowest BCUT2D eigenvalue weighted by Crippen LogP contribution is -2.06. The normalized spacial score (nSPS) is 12.1. The van der Waals surface area contributed by atoms with Gasteiger partial charge in [-0.05, 0) is 42.5 Å². The summed E-state index contributed by atoms with van der Waals surface area (Å²) in [6.07, 6.45) is 0. The molecule has 0 aliphatic heterocycles. The molecule has 1 aromatic rings. The van der Waals surface area contributed by atoms with Gasteiger partial charge in [-0.2, -0.15) is 8.42 Å². The third-order valence-corrected chi connectivity index (χ3v) is 3.44. The predicted molar refractivity (Wildman–Crippen MR) is 59.8 cm³/mol. The molecule has 0 unspecified atom stereocenters. The maximum atomic E-state index is 11.2. The quantitative estimate of drug-likeness (QED) is 0.792. The van der Waals surface area contributed by atoms with E-state index in [0.717, 1.165) is 11.1 Å². The van der Waals surface area contributed by atoms with Gasteiger partial charge in [-0.1, -0.05) is 19.9 Å². The van der Waals surface area contributed by atoms with Gasteiger partial charge >= 0.3 is 0 Å². The van der Waals surface area contributed by atoms with Crippen LogP contribution in [0.15, 0.2) is 17.0 Å². The standard InChI is InChI=1S/C11H16O3S/c1-7(2)10-5-8(3)9(4)6-11(10)15(12,13)14/h5-7H,1-4H3,(H,12,13,14). The van der Waals surface area contributed by atoms with E-state index in [4.69, 9.17) is 4.55 Å². The first-order chi connectivity index (χ1) is 6.73. The van der Waals surface area contributed by atoms with Gasteiger partial charge in [0.05, 0.1) is 4.90 Å². The predicted octanol–water partition coefficient (Wildman–Crippen LogP) is 2.67. The van der Waals surface area contributed by atoms with E-state index in [1.54, 1.807) is 0 Å². The Morgan fingerprint density at radius 2 is 1.60 bits per heavy atom. The Morgan fingerprint density at radius 1 is 1.13 bits per heavy atom. The molecule has 0 amide bonds. The van der Waals surface area contributed by atoms with Gasteiger partial charge in [0.2, 0.25) is 0 Å². The van der Waals surface area contributed by atoms with Crippen molar-refractivity contribution in [2.75, 3.05) is 0 Å². The summed E-state index contributed by atoms with van der Waals surface area (Å²) in [5.74, 6) is 0.0706. The van der Waals surface area contributed by atoms with Crippen LogP contribution in [0.25, 0.3) is 0 Å². The highest BCUT2D eigenvalue weighted by Gasteiger charge is 2.18. The van der Waals surface area contributed by atoms with Crippen LogP contribution in [0, 0.1) is 13.8 Å². The third-order valence-electron chi connectivity index (χ3n) is 2.53. The average molecular weight is 228 g/mol. The van der Waals surface area contributed by atoms with Crippen molar-refractivity contribution >= 4 is 10.1 Å². The van der Waals surface area contributed by atoms with Gasteiger partial charge in [-0.25, -0.2) is 0 Å². The summed E-state index contributed by atoms with van der Waals surface area (Å²) in [7, 11) is -4.12. The molecule has 0 aliphatic carbocycles. The van der Waals surface area contributed by atoms with Crippen LogP contribution in [-0.4, -0.2) is 13.0 Å². The fourth-order valence-corrected chi connectivity index (χ4v) is 2.40. The average Bonchev–Trinajstić information content (AvgIpc) is 2.06. The summed E-state index contributed by atoms with van der Waals surface area (Å²) in [6, 6.07) is 3.35. The van der Waals surface area contributed by atoms with Crippen molar-refractivity contribution in [3.8, 4) is 0 Å². The first-order valence-electron chi connectivity index (χ1n) is 4.82. The van der Waals surface area contributed by atoms with E-state index in [-0.39, 0.29) is 10.8 Å². The zero-order valence-electron chi connectivity index (χ0n) is 9.40. The van der Waals surface area contributed by atoms with Gasteiger partial charge in [0, 0.05) is 0 Å². The highest BCUT2D eigenvalue weighted by Crippen LogP contribution is 2.26. The molecule has 0 fully saturated rings. The Labute approximate surface area is 90.9 Å². The number of rotatable bonds is 2. The number of hydrogen-bond donors (Lipinski definition) is 1. The van der Waals surface area contributed by atoms with Crippen molar-refractivity contribution in [3.63, 3.8) is 0 Å². The minimum Gasteiger partial charge on any atom is -0.282 e. The lowest BCUT2D eigenvalue weighted by atomic mass is 9.98. The molecule has 0 heterocycles. The summed E-state index contributed by atoms with van der Waals surface area (Å²) >= 11 is 0. The molecule has 15 heavy (non-hydrogen) atoms. The van der Waals surface area contributed by atoms with E-state index in [0.29, 0.717) is 5.56 Å². The summed E-state index contributed by atoms with van der Waals surface area (Å²) in [5, 5.41) is 0. The molecular weight excluding hydrogens is 212 g/mol. The van der Waals surface area contributed by atoms with Gasteiger partial charge in [-0.3, -0.25) is 4.55 Å². The monoisotopic (exact) mass is 228 g/mol. The molecule has 1 rings (SSSR count). The molecule has 0 saturated heterocycles. The second-order valence-corrected chi connectivity index (χ2v) is 5.49. The highest BCUT2D eigenvalue weighted by molar-refractivity contribution is 7.85. The van der Waals surface area contributed by atoms with Crippen molar-refractivity contribution in [2.24, 2.45) is 0 Å². The third kappa shape index (κ3) is 2.58. The zero-order valence-corrected chi connectivity index (χ0v) is 10.2. The van der Waals surface area contributed by atoms with E-state index in [1.165, 1.54) is 6.07 Å².